The summed E-state index contributed by atoms with van der Waals surface area (Å²) in [7, 11) is 1.58. The Labute approximate surface area is 217 Å². The Balaban J connectivity index is 1.59. The molecule has 2 aromatic rings. The number of hydrazine groups is 1. The van der Waals surface area contributed by atoms with Crippen molar-refractivity contribution in [3.63, 3.8) is 0 Å². The summed E-state index contributed by atoms with van der Waals surface area (Å²) in [4.78, 5) is 42.4. The van der Waals surface area contributed by atoms with Crippen LogP contribution in [0.3, 0.4) is 0 Å². The van der Waals surface area contributed by atoms with E-state index in [4.69, 9.17) is 11.9 Å². The minimum Gasteiger partial charge on any atom is -0.386 e. The molecule has 2 saturated heterocycles. The van der Waals surface area contributed by atoms with Gasteiger partial charge in [-0.15, -0.1) is 0 Å². The van der Waals surface area contributed by atoms with Gasteiger partial charge in [0.2, 0.25) is 11.8 Å². The lowest BCUT2D eigenvalue weighted by atomic mass is 10.0. The van der Waals surface area contributed by atoms with Crippen LogP contribution in [0.1, 0.15) is 17.5 Å². The molecule has 0 bridgehead atoms. The van der Waals surface area contributed by atoms with E-state index in [9.17, 15) is 29.0 Å². The summed E-state index contributed by atoms with van der Waals surface area (Å²) in [6.45, 7) is 0.0591. The maximum atomic E-state index is 13.4. The van der Waals surface area contributed by atoms with Crippen molar-refractivity contribution in [2.75, 3.05) is 20.1 Å². The highest BCUT2D eigenvalue weighted by atomic mass is 35.5. The van der Waals surface area contributed by atoms with Gasteiger partial charge in [-0.1, -0.05) is 24.3 Å². The van der Waals surface area contributed by atoms with Gasteiger partial charge in [-0.25, -0.2) is 19.2 Å². The van der Waals surface area contributed by atoms with Gasteiger partial charge in [-0.3, -0.25) is 9.59 Å². The molecule has 2 aromatic carbocycles. The van der Waals surface area contributed by atoms with Gasteiger partial charge in [0.05, 0.1) is 13.1 Å². The Hall–Kier alpha value is -3.45. The van der Waals surface area contributed by atoms with Gasteiger partial charge in [0.15, 0.2) is 6.29 Å². The molecule has 13 heteroatoms. The molecule has 0 unspecified atom stereocenters. The Bertz CT molecular complexity index is 1140. The Kier molecular flexibility index (Phi) is 8.13. The fourth-order valence-corrected chi connectivity index (χ4v) is 4.71. The van der Waals surface area contributed by atoms with Gasteiger partial charge in [-0.2, -0.15) is 0 Å². The summed E-state index contributed by atoms with van der Waals surface area (Å²) in [5.74, 6) is -0.857. The lowest BCUT2D eigenvalue weighted by Crippen LogP contribution is -2.76. The third-order valence-electron chi connectivity index (χ3n) is 6.32. The normalized spacial score (nSPS) is 20.3. The first-order valence-electron chi connectivity index (χ1n) is 11.5. The van der Waals surface area contributed by atoms with Crippen molar-refractivity contribution in [2.45, 2.75) is 38.0 Å². The van der Waals surface area contributed by atoms with E-state index in [1.54, 1.807) is 43.4 Å². The summed E-state index contributed by atoms with van der Waals surface area (Å²) < 4.78 is 17.9. The number of nitrogens with one attached hydrogen (secondary N) is 1. The summed E-state index contributed by atoms with van der Waals surface area (Å²) >= 11 is 5.37. The minimum absolute atomic E-state index is 0.00926. The van der Waals surface area contributed by atoms with Gasteiger partial charge < -0.3 is 29.6 Å². The number of aliphatic hydroxyl groups excluding tert-OH is 1. The van der Waals surface area contributed by atoms with E-state index in [0.29, 0.717) is 11.3 Å². The average Bonchev–Trinajstić information content (AvgIpc) is 2.86. The predicted molar refractivity (Wildman–Crippen MR) is 129 cm³/mol. The van der Waals surface area contributed by atoms with Crippen molar-refractivity contribution in [1.82, 2.24) is 25.1 Å². The van der Waals surface area contributed by atoms with Crippen LogP contribution in [0.5, 0.6) is 5.75 Å². The maximum Gasteiger partial charge on any atom is 0.334 e. The van der Waals surface area contributed by atoms with Crippen molar-refractivity contribution in [3.05, 3.63) is 65.5 Å². The number of hydrogen-bond donors (Lipinski definition) is 3. The third kappa shape index (κ3) is 5.93. The number of aliphatic hydroxyl groups is 2. The minimum atomic E-state index is -1.84. The average molecular weight is 536 g/mol. The molecule has 11 nitrogen and oxygen atoms in total. The lowest BCUT2D eigenvalue weighted by Gasteiger charge is -2.54. The molecule has 2 heterocycles. The van der Waals surface area contributed by atoms with E-state index in [1.807, 2.05) is 0 Å². The van der Waals surface area contributed by atoms with Crippen molar-refractivity contribution >= 4 is 29.7 Å². The zero-order chi connectivity index (χ0) is 26.7. The first-order chi connectivity index (χ1) is 17.7. The van der Waals surface area contributed by atoms with E-state index in [2.05, 4.69) is 9.61 Å². The molecule has 198 valence electrons. The van der Waals surface area contributed by atoms with Crippen molar-refractivity contribution < 1.29 is 33.3 Å². The van der Waals surface area contributed by atoms with Gasteiger partial charge >= 0.3 is 6.03 Å². The number of fused-ring (bicyclic) bond motifs is 1. The van der Waals surface area contributed by atoms with E-state index in [1.165, 1.54) is 32.0 Å². The second-order valence-electron chi connectivity index (χ2n) is 8.90. The molecule has 0 radical (unpaired) electrons. The number of rotatable bonds is 7. The largest absolute Gasteiger partial charge is 0.386 e. The number of carbonyl (C=O) groups is 3. The highest BCUT2D eigenvalue weighted by Crippen LogP contribution is 2.29. The van der Waals surface area contributed by atoms with Crippen LogP contribution in [0.15, 0.2) is 48.5 Å². The molecule has 0 aliphatic carbocycles. The van der Waals surface area contributed by atoms with Crippen LogP contribution in [-0.4, -0.2) is 86.5 Å². The standard InChI is InChI=1S/C24H27ClFN5O6/c1-28-14-21(32)30-19(10-22(33)34)23(35)29(12-16-4-8-18(37-25)9-5-16)13-20(30)31(28)24(36)27-11-15-2-6-17(26)7-3-15/h2-9,19-20,22,33-34H,10-14H2,1H3,(H,27,36)/t19-,20-/m0/s1. The summed E-state index contributed by atoms with van der Waals surface area (Å²) in [5, 5.41) is 24.9. The third-order valence-corrected chi connectivity index (χ3v) is 6.50. The molecule has 4 rings (SSSR count). The quantitative estimate of drug-likeness (QED) is 0.452. The number of likely N-dealkylation sites (N-methyl/N-ethyl adjacent to an activating group) is 1. The first kappa shape index (κ1) is 26.6. The highest BCUT2D eigenvalue weighted by Gasteiger charge is 2.51. The van der Waals surface area contributed by atoms with Crippen LogP contribution in [0, 0.1) is 5.82 Å². The zero-order valence-corrected chi connectivity index (χ0v) is 20.7. The molecule has 3 N–H and O–H groups in total. The maximum absolute atomic E-state index is 13.4. The van der Waals surface area contributed by atoms with Crippen LogP contribution in [0.2, 0.25) is 0 Å². The number of hydrogen-bond acceptors (Lipinski definition) is 7. The molecule has 37 heavy (non-hydrogen) atoms. The lowest BCUT2D eigenvalue weighted by molar-refractivity contribution is -0.192. The molecule has 2 aliphatic heterocycles. The molecular weight excluding hydrogens is 509 g/mol. The molecule has 2 aliphatic rings. The van der Waals surface area contributed by atoms with Crippen molar-refractivity contribution in [1.29, 1.82) is 0 Å². The Morgan fingerprint density at radius 1 is 1.14 bits per heavy atom. The number of amides is 4. The summed E-state index contributed by atoms with van der Waals surface area (Å²) in [6.07, 6.45) is -3.15. The second-order valence-corrected chi connectivity index (χ2v) is 9.05. The molecule has 2 atom stereocenters. The molecule has 0 saturated carbocycles. The number of halogens is 2. The second kappa shape index (κ2) is 11.3. The van der Waals surface area contributed by atoms with Crippen LogP contribution in [0.4, 0.5) is 9.18 Å². The Morgan fingerprint density at radius 3 is 2.41 bits per heavy atom. The van der Waals surface area contributed by atoms with Gasteiger partial charge in [-0.05, 0) is 35.4 Å². The van der Waals surface area contributed by atoms with E-state index < -0.39 is 48.6 Å². The smallest absolute Gasteiger partial charge is 0.334 e. The molecule has 0 spiro atoms. The summed E-state index contributed by atoms with van der Waals surface area (Å²) in [5.41, 5.74) is 1.42. The van der Waals surface area contributed by atoms with E-state index in [-0.39, 0.29) is 26.2 Å². The van der Waals surface area contributed by atoms with Crippen molar-refractivity contribution in [2.24, 2.45) is 0 Å². The fourth-order valence-electron chi connectivity index (χ4n) is 4.60. The van der Waals surface area contributed by atoms with Crippen LogP contribution in [0.25, 0.3) is 0 Å². The van der Waals surface area contributed by atoms with Gasteiger partial charge in [0.25, 0.3) is 0 Å². The molecule has 4 amide bonds. The van der Waals surface area contributed by atoms with Gasteiger partial charge in [0, 0.05) is 26.6 Å². The molecular formula is C24H27ClFN5O6. The predicted octanol–water partition coefficient (Wildman–Crippen LogP) is 0.997. The van der Waals surface area contributed by atoms with E-state index >= 15 is 0 Å². The monoisotopic (exact) mass is 535 g/mol. The first-order valence-corrected chi connectivity index (χ1v) is 11.8. The zero-order valence-electron chi connectivity index (χ0n) is 20.0. The van der Waals surface area contributed by atoms with Gasteiger partial charge in [0.1, 0.15) is 35.6 Å². The summed E-state index contributed by atoms with van der Waals surface area (Å²) in [6, 6.07) is 10.7. The number of nitrogens with zero attached hydrogens (tertiary/aromatic N) is 4. The van der Waals surface area contributed by atoms with Crippen LogP contribution in [-0.2, 0) is 22.7 Å². The fraction of sp³-hybridized carbons (Fsp3) is 0.375. The van der Waals surface area contributed by atoms with Crippen LogP contribution < -0.4 is 9.61 Å². The van der Waals surface area contributed by atoms with Crippen molar-refractivity contribution in [3.8, 4) is 5.75 Å². The molecule has 0 aromatic heterocycles. The Morgan fingerprint density at radius 2 is 1.78 bits per heavy atom. The highest BCUT2D eigenvalue weighted by molar-refractivity contribution is 6.09. The number of carbonyl (C=O) groups excluding carboxylic acids is 3. The van der Waals surface area contributed by atoms with E-state index in [0.717, 1.165) is 5.56 Å². The molecule has 2 fully saturated rings. The topological polar surface area (TPSA) is 126 Å². The number of piperazine rings is 1. The SMILES string of the molecule is CN1CC(=O)N2[C@@H](CC(O)O)C(=O)N(Cc3ccc(OCl)cc3)C[C@@H]2N1C(=O)NCc1ccc(F)cc1. The number of benzene rings is 2. The number of urea groups is 1. The van der Waals surface area contributed by atoms with Crippen LogP contribution >= 0.6 is 11.9 Å².